The van der Waals surface area contributed by atoms with Gasteiger partial charge in [0.25, 0.3) is 5.91 Å². The first kappa shape index (κ1) is 19.7. The van der Waals surface area contributed by atoms with Gasteiger partial charge in [0, 0.05) is 48.9 Å². The van der Waals surface area contributed by atoms with E-state index >= 15 is 0 Å². The van der Waals surface area contributed by atoms with Crippen LogP contribution >= 0.6 is 11.6 Å². The van der Waals surface area contributed by atoms with Crippen molar-refractivity contribution in [3.8, 4) is 0 Å². The van der Waals surface area contributed by atoms with Crippen LogP contribution in [0.15, 0.2) is 48.5 Å². The van der Waals surface area contributed by atoms with Gasteiger partial charge in [0.15, 0.2) is 0 Å². The van der Waals surface area contributed by atoms with E-state index in [4.69, 9.17) is 11.6 Å². The van der Waals surface area contributed by atoms with Crippen LogP contribution in [0.3, 0.4) is 0 Å². The Morgan fingerprint density at radius 1 is 0.931 bits per heavy atom. The molecule has 0 aliphatic carbocycles. The van der Waals surface area contributed by atoms with Crippen LogP contribution in [0, 0.1) is 0 Å². The monoisotopic (exact) mass is 433 g/mol. The zero-order chi connectivity index (χ0) is 20.6. The maximum Gasteiger partial charge on any atom is 0.253 e. The molecule has 0 bridgehead atoms. The molecular formula is C20H20ClN3O4S. The molecule has 2 aromatic carbocycles. The Bertz CT molecular complexity index is 1050. The van der Waals surface area contributed by atoms with Crippen molar-refractivity contribution in [3.05, 3.63) is 59.1 Å². The predicted molar refractivity (Wildman–Crippen MR) is 112 cm³/mol. The van der Waals surface area contributed by atoms with Gasteiger partial charge < -0.3 is 9.80 Å². The van der Waals surface area contributed by atoms with E-state index in [1.165, 1.54) is 12.1 Å². The van der Waals surface area contributed by atoms with Gasteiger partial charge in [0.1, 0.15) is 0 Å². The van der Waals surface area contributed by atoms with Crippen molar-refractivity contribution in [1.29, 1.82) is 0 Å². The number of anilines is 2. The van der Waals surface area contributed by atoms with Crippen molar-refractivity contribution >= 4 is 44.8 Å². The Hall–Kier alpha value is -2.58. The largest absolute Gasteiger partial charge is 0.368 e. The van der Waals surface area contributed by atoms with E-state index in [1.807, 2.05) is 24.3 Å². The summed E-state index contributed by atoms with van der Waals surface area (Å²) in [6, 6.07) is 13.8. The fourth-order valence-electron chi connectivity index (χ4n) is 3.63. The summed E-state index contributed by atoms with van der Waals surface area (Å²) in [5.74, 6) is -0.734. The first-order valence-electron chi connectivity index (χ1n) is 9.31. The van der Waals surface area contributed by atoms with Crippen LogP contribution in [0.5, 0.6) is 0 Å². The number of halogens is 1. The lowest BCUT2D eigenvalue weighted by Crippen LogP contribution is -2.48. The van der Waals surface area contributed by atoms with Crippen molar-refractivity contribution in [3.63, 3.8) is 0 Å². The van der Waals surface area contributed by atoms with Crippen LogP contribution in [-0.2, 0) is 14.8 Å². The van der Waals surface area contributed by atoms with E-state index in [0.29, 0.717) is 36.8 Å². The molecule has 2 amide bonds. The highest BCUT2D eigenvalue weighted by atomic mass is 35.5. The number of nitrogens with zero attached hydrogens (tertiary/aromatic N) is 3. The molecule has 4 rings (SSSR count). The smallest absolute Gasteiger partial charge is 0.253 e. The second kappa shape index (κ2) is 7.68. The fourth-order valence-corrected chi connectivity index (χ4v) is 5.28. The minimum atomic E-state index is -3.60. The Balaban J connectivity index is 1.42. The third kappa shape index (κ3) is 3.95. The molecular weight excluding hydrogens is 414 g/mol. The molecule has 7 nitrogen and oxygen atoms in total. The summed E-state index contributed by atoms with van der Waals surface area (Å²) in [6.07, 6.45) is -0.0140. The van der Waals surface area contributed by atoms with Gasteiger partial charge in [0.05, 0.1) is 11.4 Å². The molecule has 2 aromatic rings. The molecule has 2 aliphatic heterocycles. The number of carbonyl (C=O) groups is 2. The molecule has 0 atom stereocenters. The van der Waals surface area contributed by atoms with Crippen molar-refractivity contribution in [2.45, 2.75) is 6.42 Å². The number of hydrogen-bond donors (Lipinski definition) is 0. The third-order valence-corrected chi connectivity index (χ3v) is 7.09. The second-order valence-corrected chi connectivity index (χ2v) is 9.40. The number of hydrogen-bond acceptors (Lipinski definition) is 5. The summed E-state index contributed by atoms with van der Waals surface area (Å²) < 4.78 is 24.9. The maximum atomic E-state index is 12.8. The Labute approximate surface area is 174 Å². The average Bonchev–Trinajstić information content (AvgIpc) is 3.00. The first-order valence-corrected chi connectivity index (χ1v) is 11.3. The van der Waals surface area contributed by atoms with Crippen LogP contribution in [0.2, 0.25) is 5.02 Å². The van der Waals surface area contributed by atoms with Gasteiger partial charge in [-0.2, -0.15) is 0 Å². The number of piperazine rings is 1. The van der Waals surface area contributed by atoms with Gasteiger partial charge in [0.2, 0.25) is 15.9 Å². The first-order chi connectivity index (χ1) is 13.8. The number of rotatable bonds is 3. The minimum Gasteiger partial charge on any atom is -0.368 e. The molecule has 29 heavy (non-hydrogen) atoms. The topological polar surface area (TPSA) is 78.0 Å². The molecule has 0 spiro atoms. The molecule has 0 saturated carbocycles. The molecule has 2 aliphatic rings. The second-order valence-electron chi connectivity index (χ2n) is 7.03. The third-order valence-electron chi connectivity index (χ3n) is 5.17. The van der Waals surface area contributed by atoms with Gasteiger partial charge in [-0.3, -0.25) is 9.59 Å². The summed E-state index contributed by atoms with van der Waals surface area (Å²) >= 11 is 6.06. The molecule has 152 valence electrons. The Morgan fingerprint density at radius 2 is 1.62 bits per heavy atom. The quantitative estimate of drug-likeness (QED) is 0.742. The van der Waals surface area contributed by atoms with E-state index < -0.39 is 15.9 Å². The van der Waals surface area contributed by atoms with Crippen molar-refractivity contribution in [2.75, 3.05) is 41.1 Å². The predicted octanol–water partition coefficient (Wildman–Crippen LogP) is 2.37. The summed E-state index contributed by atoms with van der Waals surface area (Å²) in [5.41, 5.74) is 1.77. The average molecular weight is 434 g/mol. The lowest BCUT2D eigenvalue weighted by molar-refractivity contribution is -0.116. The lowest BCUT2D eigenvalue weighted by atomic mass is 10.1. The normalized spacial score (nSPS) is 18.9. The van der Waals surface area contributed by atoms with Crippen molar-refractivity contribution in [2.24, 2.45) is 0 Å². The Kier molecular flexibility index (Phi) is 5.23. The van der Waals surface area contributed by atoms with Gasteiger partial charge in [-0.25, -0.2) is 12.7 Å². The van der Waals surface area contributed by atoms with Gasteiger partial charge in [-0.05, 0) is 42.5 Å². The molecule has 0 aromatic heterocycles. The number of sulfonamides is 1. The lowest BCUT2D eigenvalue weighted by Gasteiger charge is -2.36. The van der Waals surface area contributed by atoms with E-state index in [1.54, 1.807) is 17.0 Å². The zero-order valence-corrected chi connectivity index (χ0v) is 17.2. The van der Waals surface area contributed by atoms with Gasteiger partial charge in [-0.15, -0.1) is 0 Å². The fraction of sp³-hybridized carbons (Fsp3) is 0.300. The van der Waals surface area contributed by atoms with Crippen LogP contribution in [0.25, 0.3) is 0 Å². The van der Waals surface area contributed by atoms with Gasteiger partial charge in [-0.1, -0.05) is 17.7 Å². The summed E-state index contributed by atoms with van der Waals surface area (Å²) in [7, 11) is -3.60. The van der Waals surface area contributed by atoms with Gasteiger partial charge >= 0.3 is 0 Å². The van der Waals surface area contributed by atoms with Crippen LogP contribution in [0.1, 0.15) is 16.8 Å². The van der Waals surface area contributed by atoms with Crippen LogP contribution < -0.4 is 9.21 Å². The molecule has 2 fully saturated rings. The zero-order valence-electron chi connectivity index (χ0n) is 15.6. The number of carbonyl (C=O) groups excluding carboxylic acids is 2. The van der Waals surface area contributed by atoms with Crippen LogP contribution in [-0.4, -0.2) is 57.1 Å². The molecule has 2 saturated heterocycles. The molecule has 2 heterocycles. The number of benzene rings is 2. The SMILES string of the molecule is O=C(c1ccc(N2C(=O)CCS2(=O)=O)cc1)N1CCN(c2cccc(Cl)c2)CC1. The molecule has 0 N–H and O–H groups in total. The Morgan fingerprint density at radius 3 is 2.21 bits per heavy atom. The molecule has 0 unspecified atom stereocenters. The van der Waals surface area contributed by atoms with E-state index in [9.17, 15) is 18.0 Å². The highest BCUT2D eigenvalue weighted by Crippen LogP contribution is 2.26. The molecule has 9 heteroatoms. The molecule has 0 radical (unpaired) electrons. The minimum absolute atomic E-state index is 0.0140. The highest BCUT2D eigenvalue weighted by molar-refractivity contribution is 7.94. The summed E-state index contributed by atoms with van der Waals surface area (Å²) in [4.78, 5) is 28.6. The van der Waals surface area contributed by atoms with E-state index in [2.05, 4.69) is 4.90 Å². The number of amides is 2. The summed E-state index contributed by atoms with van der Waals surface area (Å²) in [5, 5.41) is 0.680. The van der Waals surface area contributed by atoms with Crippen LogP contribution in [0.4, 0.5) is 11.4 Å². The summed E-state index contributed by atoms with van der Waals surface area (Å²) in [6.45, 7) is 2.55. The van der Waals surface area contributed by atoms with E-state index in [0.717, 1.165) is 9.99 Å². The van der Waals surface area contributed by atoms with E-state index in [-0.39, 0.29) is 23.8 Å². The van der Waals surface area contributed by atoms with Crippen molar-refractivity contribution < 1.29 is 18.0 Å². The highest BCUT2D eigenvalue weighted by Gasteiger charge is 2.36. The maximum absolute atomic E-state index is 12.8. The standard InChI is InChI=1S/C20H20ClN3O4S/c21-16-2-1-3-18(14-16)22-9-11-23(12-10-22)20(26)15-4-6-17(7-5-15)24-19(25)8-13-29(24,27)28/h1-7,14H,8-13H2. The van der Waals surface area contributed by atoms with Crippen molar-refractivity contribution in [1.82, 2.24) is 4.90 Å².